The summed E-state index contributed by atoms with van der Waals surface area (Å²) < 4.78 is 5.89. The second kappa shape index (κ2) is 19.7. The number of likely N-dealkylation sites (tertiary alicyclic amines) is 1. The molecule has 282 valence electrons. The molecule has 1 aliphatic rings. The van der Waals surface area contributed by atoms with Crippen LogP contribution in [0.1, 0.15) is 107 Å². The van der Waals surface area contributed by atoms with E-state index in [4.69, 9.17) is 4.74 Å². The fourth-order valence-corrected chi connectivity index (χ4v) is 7.35. The Hall–Kier alpha value is -3.84. The Balaban J connectivity index is 1.81. The highest BCUT2D eigenvalue weighted by Gasteiger charge is 2.37. The number of carboxylic acid groups (broad SMARTS) is 1. The number of esters is 1. The first kappa shape index (κ1) is 41.6. The molecular formula is C38H57N5O7S. The predicted molar refractivity (Wildman–Crippen MR) is 197 cm³/mol. The van der Waals surface area contributed by atoms with Crippen LogP contribution in [0.15, 0.2) is 35.7 Å². The van der Waals surface area contributed by atoms with Crippen molar-refractivity contribution in [2.45, 2.75) is 117 Å². The molecule has 2 heterocycles. The molecule has 6 atom stereocenters. The van der Waals surface area contributed by atoms with Gasteiger partial charge in [0.05, 0.1) is 12.0 Å². The number of aromatic nitrogens is 1. The molecule has 12 nitrogen and oxygen atoms in total. The lowest BCUT2D eigenvalue weighted by molar-refractivity contribution is -0.151. The molecule has 3 amide bonds. The van der Waals surface area contributed by atoms with Crippen molar-refractivity contribution >= 4 is 41.0 Å². The van der Waals surface area contributed by atoms with Gasteiger partial charge in [0.25, 0.3) is 5.91 Å². The molecule has 0 aliphatic carbocycles. The number of carboxylic acids is 1. The number of likely N-dealkylation sites (N-methyl/N-ethyl adjacent to an activating group) is 2. The van der Waals surface area contributed by atoms with Gasteiger partial charge in [-0.2, -0.15) is 0 Å². The highest BCUT2D eigenvalue weighted by Crippen LogP contribution is 2.31. The van der Waals surface area contributed by atoms with Gasteiger partial charge in [-0.15, -0.1) is 11.3 Å². The van der Waals surface area contributed by atoms with E-state index in [1.165, 1.54) is 11.3 Å². The van der Waals surface area contributed by atoms with Gasteiger partial charge in [-0.3, -0.25) is 28.9 Å². The van der Waals surface area contributed by atoms with Crippen LogP contribution in [0.25, 0.3) is 0 Å². The number of hydrogen-bond donors (Lipinski definition) is 3. The number of rotatable bonds is 18. The summed E-state index contributed by atoms with van der Waals surface area (Å²) in [6, 6.07) is 7.67. The zero-order valence-electron chi connectivity index (χ0n) is 31.4. The molecule has 51 heavy (non-hydrogen) atoms. The van der Waals surface area contributed by atoms with Crippen molar-refractivity contribution in [1.29, 1.82) is 0 Å². The third kappa shape index (κ3) is 12.1. The molecule has 0 radical (unpaired) electrons. The first-order chi connectivity index (χ1) is 24.1. The third-order valence-corrected chi connectivity index (χ3v) is 10.6. The van der Waals surface area contributed by atoms with Crippen molar-refractivity contribution < 1.29 is 33.8 Å². The molecule has 1 aromatic heterocycles. The minimum atomic E-state index is -0.944. The number of hydrogen-bond acceptors (Lipinski definition) is 9. The summed E-state index contributed by atoms with van der Waals surface area (Å²) in [5.41, 5.74) is 1.10. The Morgan fingerprint density at radius 3 is 2.29 bits per heavy atom. The standard InChI is InChI=1S/C38H57N5O7S/c1-9-32(44)50-31(21-30(23(2)3)43(8)37(47)33(24(4)5)41-35(46)29-17-13-14-18-42(29)7)36-40-28(22-51-36)34(45)39-27(19-25(6)38(48)49)20-26-15-11-10-12-16-26/h10-12,15-16,22-25,27,29-31,33H,9,13-14,17-21H2,1-8H3,(H,39,45)(H,41,46)(H,48,49)/t25-,27+,29+,30+,31+,33-/m0/s1. The lowest BCUT2D eigenvalue weighted by atomic mass is 9.94. The van der Waals surface area contributed by atoms with Crippen molar-refractivity contribution in [2.24, 2.45) is 17.8 Å². The van der Waals surface area contributed by atoms with E-state index < -0.39 is 48.0 Å². The number of nitrogens with one attached hydrogen (secondary N) is 2. The average Bonchev–Trinajstić information content (AvgIpc) is 3.59. The van der Waals surface area contributed by atoms with Crippen LogP contribution >= 0.6 is 11.3 Å². The van der Waals surface area contributed by atoms with Crippen molar-refractivity contribution in [3.05, 3.63) is 52.0 Å². The normalized spacial score (nSPS) is 18.0. The van der Waals surface area contributed by atoms with E-state index in [2.05, 4.69) is 15.6 Å². The molecule has 1 fully saturated rings. The van der Waals surface area contributed by atoms with E-state index in [0.717, 1.165) is 31.4 Å². The molecule has 3 rings (SSSR count). The van der Waals surface area contributed by atoms with E-state index >= 15 is 0 Å². The summed E-state index contributed by atoms with van der Waals surface area (Å²) in [6.07, 6.45) is 2.98. The molecule has 13 heteroatoms. The average molecular weight is 728 g/mol. The Bertz CT molecular complexity index is 1470. The number of ether oxygens (including phenoxy) is 1. The van der Waals surface area contributed by atoms with Gasteiger partial charge in [0, 0.05) is 37.4 Å². The maximum atomic E-state index is 14.1. The van der Waals surface area contributed by atoms with Crippen LogP contribution in [0.5, 0.6) is 0 Å². The van der Waals surface area contributed by atoms with Crippen molar-refractivity contribution in [3.8, 4) is 0 Å². The van der Waals surface area contributed by atoms with Gasteiger partial charge in [0.1, 0.15) is 16.7 Å². The van der Waals surface area contributed by atoms with Gasteiger partial charge in [-0.25, -0.2) is 4.98 Å². The van der Waals surface area contributed by atoms with Crippen molar-refractivity contribution in [2.75, 3.05) is 20.6 Å². The maximum Gasteiger partial charge on any atom is 0.306 e. The first-order valence-electron chi connectivity index (χ1n) is 18.1. The quantitative estimate of drug-likeness (QED) is 0.178. The number of piperidine rings is 1. The molecule has 0 bridgehead atoms. The number of aliphatic carboxylic acids is 1. The summed E-state index contributed by atoms with van der Waals surface area (Å²) in [5.74, 6) is -3.10. The number of nitrogens with zero attached hydrogens (tertiary/aromatic N) is 3. The Labute approximate surface area is 306 Å². The monoisotopic (exact) mass is 727 g/mol. The zero-order chi connectivity index (χ0) is 37.8. The Morgan fingerprint density at radius 2 is 1.71 bits per heavy atom. The van der Waals surface area contributed by atoms with Crippen LogP contribution in [0.2, 0.25) is 0 Å². The van der Waals surface area contributed by atoms with E-state index in [9.17, 15) is 29.1 Å². The number of carbonyl (C=O) groups excluding carboxylic acids is 4. The minimum Gasteiger partial charge on any atom is -0.481 e. The third-order valence-electron chi connectivity index (χ3n) is 9.69. The van der Waals surface area contributed by atoms with Gasteiger partial charge in [-0.1, -0.05) is 78.3 Å². The van der Waals surface area contributed by atoms with Gasteiger partial charge >= 0.3 is 11.9 Å². The molecular weight excluding hydrogens is 671 g/mol. The van der Waals surface area contributed by atoms with Crippen LogP contribution in [-0.2, 0) is 30.3 Å². The van der Waals surface area contributed by atoms with Crippen LogP contribution in [-0.4, -0.2) is 94.4 Å². The smallest absolute Gasteiger partial charge is 0.306 e. The fraction of sp³-hybridized carbons (Fsp3) is 0.632. The van der Waals surface area contributed by atoms with Crippen LogP contribution in [0.3, 0.4) is 0 Å². The minimum absolute atomic E-state index is 0.0486. The highest BCUT2D eigenvalue weighted by molar-refractivity contribution is 7.09. The molecule has 3 N–H and O–H groups in total. The topological polar surface area (TPSA) is 158 Å². The summed E-state index contributed by atoms with van der Waals surface area (Å²) in [5, 5.41) is 17.6. The molecule has 0 saturated carbocycles. The Morgan fingerprint density at radius 1 is 1.02 bits per heavy atom. The van der Waals surface area contributed by atoms with Gasteiger partial charge in [0.15, 0.2) is 6.10 Å². The van der Waals surface area contributed by atoms with Crippen LogP contribution in [0.4, 0.5) is 0 Å². The number of amides is 3. The van der Waals surface area contributed by atoms with E-state index in [0.29, 0.717) is 11.4 Å². The summed E-state index contributed by atoms with van der Waals surface area (Å²) in [6.45, 7) is 11.9. The van der Waals surface area contributed by atoms with Crippen molar-refractivity contribution in [1.82, 2.24) is 25.4 Å². The summed E-state index contributed by atoms with van der Waals surface area (Å²) in [4.78, 5) is 73.5. The van der Waals surface area contributed by atoms with E-state index in [-0.39, 0.29) is 54.6 Å². The first-order valence-corrected chi connectivity index (χ1v) is 19.0. The highest BCUT2D eigenvalue weighted by atomic mass is 32.1. The predicted octanol–water partition coefficient (Wildman–Crippen LogP) is 5.09. The summed E-state index contributed by atoms with van der Waals surface area (Å²) in [7, 11) is 3.65. The second-order valence-electron chi connectivity index (χ2n) is 14.5. The molecule has 1 saturated heterocycles. The largest absolute Gasteiger partial charge is 0.481 e. The van der Waals surface area contributed by atoms with Crippen LogP contribution < -0.4 is 10.6 Å². The van der Waals surface area contributed by atoms with E-state index in [1.807, 2.05) is 70.0 Å². The maximum absolute atomic E-state index is 14.1. The van der Waals surface area contributed by atoms with Gasteiger partial charge in [0.2, 0.25) is 11.8 Å². The molecule has 1 aliphatic heterocycles. The summed E-state index contributed by atoms with van der Waals surface area (Å²) >= 11 is 1.19. The number of carbonyl (C=O) groups is 5. The molecule has 2 aromatic rings. The molecule has 1 aromatic carbocycles. The number of benzene rings is 1. The Kier molecular flexibility index (Phi) is 16.0. The lowest BCUT2D eigenvalue weighted by Crippen LogP contribution is -2.57. The zero-order valence-corrected chi connectivity index (χ0v) is 32.2. The van der Waals surface area contributed by atoms with Gasteiger partial charge < -0.3 is 25.4 Å². The molecule has 0 spiro atoms. The van der Waals surface area contributed by atoms with Gasteiger partial charge in [-0.05, 0) is 56.7 Å². The SMILES string of the molecule is CCC(=O)O[C@H](C[C@H](C(C)C)N(C)C(=O)[C@@H](NC(=O)[C@H]1CCCCN1C)C(C)C)c1nc(C(=O)N[C@@H](Cc2ccccc2)C[C@H](C)C(=O)O)cs1. The molecule has 0 unspecified atom stereocenters. The number of thiazole rings is 1. The van der Waals surface area contributed by atoms with Crippen LogP contribution in [0, 0.1) is 17.8 Å². The van der Waals surface area contributed by atoms with Crippen molar-refractivity contribution in [3.63, 3.8) is 0 Å². The lowest BCUT2D eigenvalue weighted by Gasteiger charge is -2.37. The second-order valence-corrected chi connectivity index (χ2v) is 15.3. The van der Waals surface area contributed by atoms with E-state index in [1.54, 1.807) is 31.2 Å². The fourth-order valence-electron chi connectivity index (χ4n) is 6.51.